The van der Waals surface area contributed by atoms with E-state index >= 15 is 0 Å². The molecule has 2 nitrogen and oxygen atoms in total. The van der Waals surface area contributed by atoms with Gasteiger partial charge in [0.05, 0.1) is 16.7 Å². The molecule has 90 valence electrons. The standard InChI is InChI=1S/C15H14N2S/c1-10-7-8-12-14(9-10)17(15(18)16-12)13-6-4-3-5-11(13)2/h3-9H,1-2H3,(H,16,18). The fourth-order valence-electron chi connectivity index (χ4n) is 2.27. The Balaban J connectivity index is 2.42. The van der Waals surface area contributed by atoms with Crippen LogP contribution in [0.5, 0.6) is 0 Å². The minimum atomic E-state index is 0.741. The van der Waals surface area contributed by atoms with Crippen molar-refractivity contribution in [1.82, 2.24) is 9.55 Å². The molecule has 1 N–H and O–H groups in total. The van der Waals surface area contributed by atoms with E-state index in [4.69, 9.17) is 12.2 Å². The monoisotopic (exact) mass is 254 g/mol. The van der Waals surface area contributed by atoms with Crippen molar-refractivity contribution < 1.29 is 0 Å². The van der Waals surface area contributed by atoms with E-state index in [0.29, 0.717) is 0 Å². The topological polar surface area (TPSA) is 20.7 Å². The van der Waals surface area contributed by atoms with Gasteiger partial charge in [0.15, 0.2) is 4.77 Å². The van der Waals surface area contributed by atoms with E-state index in [2.05, 4.69) is 53.7 Å². The van der Waals surface area contributed by atoms with E-state index in [0.717, 1.165) is 21.5 Å². The van der Waals surface area contributed by atoms with Crippen LogP contribution in [0.2, 0.25) is 0 Å². The lowest BCUT2D eigenvalue weighted by Crippen LogP contribution is -1.96. The van der Waals surface area contributed by atoms with Gasteiger partial charge < -0.3 is 4.98 Å². The van der Waals surface area contributed by atoms with Crippen LogP contribution in [0.25, 0.3) is 16.7 Å². The van der Waals surface area contributed by atoms with Crippen LogP contribution in [0.15, 0.2) is 42.5 Å². The molecule has 3 aromatic rings. The van der Waals surface area contributed by atoms with Crippen molar-refractivity contribution in [3.05, 3.63) is 58.4 Å². The maximum atomic E-state index is 5.45. The summed E-state index contributed by atoms with van der Waals surface area (Å²) in [6.07, 6.45) is 0. The fraction of sp³-hybridized carbons (Fsp3) is 0.133. The van der Waals surface area contributed by atoms with Gasteiger partial charge in [-0.25, -0.2) is 0 Å². The summed E-state index contributed by atoms with van der Waals surface area (Å²) in [4.78, 5) is 3.26. The van der Waals surface area contributed by atoms with Gasteiger partial charge in [-0.1, -0.05) is 24.3 Å². The van der Waals surface area contributed by atoms with Crippen LogP contribution in [0.1, 0.15) is 11.1 Å². The summed E-state index contributed by atoms with van der Waals surface area (Å²) in [5.74, 6) is 0. The molecular formula is C15H14N2S. The van der Waals surface area contributed by atoms with Crippen molar-refractivity contribution in [3.8, 4) is 5.69 Å². The molecule has 0 fully saturated rings. The molecule has 0 aliphatic heterocycles. The quantitative estimate of drug-likeness (QED) is 0.642. The number of aromatic nitrogens is 2. The first kappa shape index (κ1) is 11.2. The van der Waals surface area contributed by atoms with Gasteiger partial charge in [-0.05, 0) is 55.4 Å². The molecule has 18 heavy (non-hydrogen) atoms. The van der Waals surface area contributed by atoms with Crippen LogP contribution in [0.3, 0.4) is 0 Å². The molecule has 0 atom stereocenters. The Hall–Kier alpha value is -1.87. The van der Waals surface area contributed by atoms with Gasteiger partial charge in [0.2, 0.25) is 0 Å². The SMILES string of the molecule is Cc1ccc2[nH]c(=S)n(-c3ccccc3C)c2c1. The molecule has 0 bridgehead atoms. The molecule has 1 heterocycles. The van der Waals surface area contributed by atoms with E-state index in [1.807, 2.05) is 12.1 Å². The van der Waals surface area contributed by atoms with Gasteiger partial charge >= 0.3 is 0 Å². The summed E-state index contributed by atoms with van der Waals surface area (Å²) < 4.78 is 2.84. The largest absolute Gasteiger partial charge is 0.330 e. The number of rotatable bonds is 1. The lowest BCUT2D eigenvalue weighted by atomic mass is 10.2. The average Bonchev–Trinajstić information content (AvgIpc) is 2.66. The number of aryl methyl sites for hydroxylation is 2. The average molecular weight is 254 g/mol. The second-order valence-electron chi connectivity index (χ2n) is 4.57. The number of nitrogens with one attached hydrogen (secondary N) is 1. The van der Waals surface area contributed by atoms with E-state index in [1.165, 1.54) is 11.1 Å². The van der Waals surface area contributed by atoms with Crippen molar-refractivity contribution in [2.75, 3.05) is 0 Å². The highest BCUT2D eigenvalue weighted by atomic mass is 32.1. The first-order valence-corrected chi connectivity index (χ1v) is 6.35. The summed E-state index contributed by atoms with van der Waals surface area (Å²) in [6, 6.07) is 14.6. The first-order valence-electron chi connectivity index (χ1n) is 5.94. The molecule has 0 amide bonds. The smallest absolute Gasteiger partial charge is 0.182 e. The zero-order valence-electron chi connectivity index (χ0n) is 10.4. The van der Waals surface area contributed by atoms with Crippen molar-refractivity contribution in [2.45, 2.75) is 13.8 Å². The number of aromatic amines is 1. The number of hydrogen-bond donors (Lipinski definition) is 1. The Morgan fingerprint density at radius 1 is 1.06 bits per heavy atom. The molecule has 3 rings (SSSR count). The molecular weight excluding hydrogens is 240 g/mol. The van der Waals surface area contributed by atoms with Crippen molar-refractivity contribution >= 4 is 23.3 Å². The van der Waals surface area contributed by atoms with Crippen molar-refractivity contribution in [3.63, 3.8) is 0 Å². The van der Waals surface area contributed by atoms with E-state index in [1.54, 1.807) is 0 Å². The third kappa shape index (κ3) is 1.68. The van der Waals surface area contributed by atoms with Crippen molar-refractivity contribution in [2.24, 2.45) is 0 Å². The number of para-hydroxylation sites is 1. The molecule has 0 spiro atoms. The molecule has 2 aromatic carbocycles. The highest BCUT2D eigenvalue weighted by molar-refractivity contribution is 7.71. The normalized spacial score (nSPS) is 11.0. The second-order valence-corrected chi connectivity index (χ2v) is 4.96. The summed E-state index contributed by atoms with van der Waals surface area (Å²) >= 11 is 5.45. The van der Waals surface area contributed by atoms with Crippen LogP contribution < -0.4 is 0 Å². The Bertz CT molecular complexity index is 781. The zero-order valence-corrected chi connectivity index (χ0v) is 11.2. The van der Waals surface area contributed by atoms with Crippen LogP contribution in [0.4, 0.5) is 0 Å². The Morgan fingerprint density at radius 3 is 2.61 bits per heavy atom. The summed E-state index contributed by atoms with van der Waals surface area (Å²) in [7, 11) is 0. The molecule has 1 aromatic heterocycles. The van der Waals surface area contributed by atoms with Gasteiger partial charge in [-0.2, -0.15) is 0 Å². The molecule has 0 saturated carbocycles. The van der Waals surface area contributed by atoms with Gasteiger partial charge in [0.25, 0.3) is 0 Å². The van der Waals surface area contributed by atoms with E-state index < -0.39 is 0 Å². The zero-order chi connectivity index (χ0) is 12.7. The highest BCUT2D eigenvalue weighted by Gasteiger charge is 2.08. The number of imidazole rings is 1. The van der Waals surface area contributed by atoms with Crippen LogP contribution in [0, 0.1) is 18.6 Å². The maximum Gasteiger partial charge on any atom is 0.182 e. The predicted octanol–water partition coefficient (Wildman–Crippen LogP) is 4.30. The number of nitrogens with zero attached hydrogens (tertiary/aromatic N) is 1. The summed E-state index contributed by atoms with van der Waals surface area (Å²) in [5.41, 5.74) is 5.80. The van der Waals surface area contributed by atoms with Gasteiger partial charge in [-0.3, -0.25) is 4.57 Å². The van der Waals surface area contributed by atoms with Crippen LogP contribution in [-0.2, 0) is 0 Å². The number of H-pyrrole nitrogens is 1. The van der Waals surface area contributed by atoms with E-state index in [9.17, 15) is 0 Å². The van der Waals surface area contributed by atoms with E-state index in [-0.39, 0.29) is 0 Å². The van der Waals surface area contributed by atoms with Gasteiger partial charge in [-0.15, -0.1) is 0 Å². The summed E-state index contributed by atoms with van der Waals surface area (Å²) in [5, 5.41) is 0. The number of fused-ring (bicyclic) bond motifs is 1. The third-order valence-corrected chi connectivity index (χ3v) is 3.48. The van der Waals surface area contributed by atoms with Crippen molar-refractivity contribution in [1.29, 1.82) is 0 Å². The summed E-state index contributed by atoms with van der Waals surface area (Å²) in [6.45, 7) is 4.20. The molecule has 0 aliphatic carbocycles. The predicted molar refractivity (Wildman–Crippen MR) is 77.9 cm³/mol. The highest BCUT2D eigenvalue weighted by Crippen LogP contribution is 2.22. The Morgan fingerprint density at radius 2 is 1.83 bits per heavy atom. The minimum absolute atomic E-state index is 0.741. The minimum Gasteiger partial charge on any atom is -0.330 e. The van der Waals surface area contributed by atoms with Gasteiger partial charge in [0, 0.05) is 0 Å². The van der Waals surface area contributed by atoms with Gasteiger partial charge in [0.1, 0.15) is 0 Å². The first-order chi connectivity index (χ1) is 8.66. The Kier molecular flexibility index (Phi) is 2.56. The molecule has 0 saturated heterocycles. The lowest BCUT2D eigenvalue weighted by Gasteiger charge is -2.08. The van der Waals surface area contributed by atoms with Crippen LogP contribution >= 0.6 is 12.2 Å². The second kappa shape index (κ2) is 4.10. The number of hydrogen-bond acceptors (Lipinski definition) is 1. The lowest BCUT2D eigenvalue weighted by molar-refractivity contribution is 1.05. The molecule has 3 heteroatoms. The fourth-order valence-corrected chi connectivity index (χ4v) is 2.57. The molecule has 0 unspecified atom stereocenters. The molecule has 0 aliphatic rings. The number of benzene rings is 2. The maximum absolute atomic E-state index is 5.45. The molecule has 0 radical (unpaired) electrons. The third-order valence-electron chi connectivity index (χ3n) is 3.20. The Labute approximate surface area is 111 Å². The van der Waals surface area contributed by atoms with Crippen LogP contribution in [-0.4, -0.2) is 9.55 Å².